The number of methoxy groups -OCH3 is 1. The third kappa shape index (κ3) is 6.37. The number of halogens is 1. The highest BCUT2D eigenvalue weighted by Gasteiger charge is 2.07. The van der Waals surface area contributed by atoms with Gasteiger partial charge in [0.05, 0.1) is 13.5 Å². The number of carbonyl (C=O) groups excluding carboxylic acids is 1. The largest absolute Gasteiger partial charge is 0.469 e. The summed E-state index contributed by atoms with van der Waals surface area (Å²) in [5.74, 6) is -0.199. The second-order valence-corrected chi connectivity index (χ2v) is 3.70. The van der Waals surface area contributed by atoms with Crippen LogP contribution in [0, 0.1) is 0 Å². The van der Waals surface area contributed by atoms with E-state index in [1.54, 1.807) is 0 Å². The highest BCUT2D eigenvalue weighted by atomic mass is 79.9. The molecule has 0 fully saturated rings. The highest BCUT2D eigenvalue weighted by molar-refractivity contribution is 9.11. The number of hydrogen-bond donors (Lipinski definition) is 1. The Balaban J connectivity index is 3.52. The van der Waals surface area contributed by atoms with E-state index in [0.717, 1.165) is 4.48 Å². The van der Waals surface area contributed by atoms with Gasteiger partial charge in [0.25, 0.3) is 0 Å². The molecule has 0 saturated carbocycles. The Labute approximate surface area is 81.3 Å². The Morgan fingerprint density at radius 1 is 1.75 bits per heavy atom. The van der Waals surface area contributed by atoms with Gasteiger partial charge < -0.3 is 10.1 Å². The van der Waals surface area contributed by atoms with Crippen molar-refractivity contribution >= 4 is 21.9 Å². The van der Waals surface area contributed by atoms with Crippen molar-refractivity contribution in [3.05, 3.63) is 11.1 Å². The van der Waals surface area contributed by atoms with Crippen LogP contribution >= 0.6 is 15.9 Å². The van der Waals surface area contributed by atoms with Gasteiger partial charge in [-0.15, -0.1) is 0 Å². The van der Waals surface area contributed by atoms with Crippen molar-refractivity contribution < 1.29 is 9.53 Å². The van der Waals surface area contributed by atoms with Gasteiger partial charge in [-0.2, -0.15) is 0 Å². The maximum Gasteiger partial charge on any atom is 0.307 e. The lowest BCUT2D eigenvalue weighted by atomic mass is 10.2. The van der Waals surface area contributed by atoms with E-state index in [1.165, 1.54) is 7.11 Å². The summed E-state index contributed by atoms with van der Waals surface area (Å²) < 4.78 is 5.39. The predicted octanol–water partition coefficient (Wildman–Crippen LogP) is 1.44. The molecule has 4 heteroatoms. The SMILES string of the molecule is C=C(Br)CNC(C)CC(=O)OC. The molecule has 0 aromatic carbocycles. The lowest BCUT2D eigenvalue weighted by Crippen LogP contribution is -2.29. The zero-order chi connectivity index (χ0) is 9.56. The molecule has 0 aliphatic rings. The molecule has 1 N–H and O–H groups in total. The first-order chi connectivity index (χ1) is 5.56. The standard InChI is InChI=1S/C8H14BrNO2/c1-6(9)5-10-7(2)4-8(11)12-3/h7,10H,1,4-5H2,2-3H3. The lowest BCUT2D eigenvalue weighted by Gasteiger charge is -2.11. The summed E-state index contributed by atoms with van der Waals surface area (Å²) in [5.41, 5.74) is 0. The molecule has 12 heavy (non-hydrogen) atoms. The summed E-state index contributed by atoms with van der Waals surface area (Å²) in [4.78, 5) is 10.8. The number of hydrogen-bond acceptors (Lipinski definition) is 3. The Hall–Kier alpha value is -0.350. The molecule has 1 unspecified atom stereocenters. The molecule has 0 aliphatic carbocycles. The van der Waals surface area contributed by atoms with E-state index in [1.807, 2.05) is 6.92 Å². The van der Waals surface area contributed by atoms with Crippen LogP contribution in [-0.4, -0.2) is 25.7 Å². The van der Waals surface area contributed by atoms with Crippen molar-refractivity contribution in [2.24, 2.45) is 0 Å². The molecular formula is C8H14BrNO2. The normalized spacial score (nSPS) is 12.2. The van der Waals surface area contributed by atoms with Gasteiger partial charge in [0.1, 0.15) is 0 Å². The lowest BCUT2D eigenvalue weighted by molar-refractivity contribution is -0.141. The molecular weight excluding hydrogens is 222 g/mol. The summed E-state index contributed by atoms with van der Waals surface area (Å²) in [6, 6.07) is 0.117. The van der Waals surface area contributed by atoms with Gasteiger partial charge in [-0.05, 0) is 6.92 Å². The van der Waals surface area contributed by atoms with Crippen molar-refractivity contribution in [2.45, 2.75) is 19.4 Å². The molecule has 0 bridgehead atoms. The first-order valence-electron chi connectivity index (χ1n) is 3.69. The summed E-state index contributed by atoms with van der Waals surface area (Å²) in [6.45, 7) is 6.25. The van der Waals surface area contributed by atoms with Crippen LogP contribution < -0.4 is 5.32 Å². The quantitative estimate of drug-likeness (QED) is 0.734. The first-order valence-corrected chi connectivity index (χ1v) is 4.49. The molecule has 0 radical (unpaired) electrons. The van der Waals surface area contributed by atoms with E-state index < -0.39 is 0 Å². The fourth-order valence-corrected chi connectivity index (χ4v) is 0.852. The zero-order valence-corrected chi connectivity index (χ0v) is 8.98. The summed E-state index contributed by atoms with van der Waals surface area (Å²) in [6.07, 6.45) is 0.386. The summed E-state index contributed by atoms with van der Waals surface area (Å²) in [5, 5.41) is 3.10. The van der Waals surface area contributed by atoms with Gasteiger partial charge in [0.2, 0.25) is 0 Å². The van der Waals surface area contributed by atoms with E-state index in [4.69, 9.17) is 0 Å². The molecule has 0 spiro atoms. The topological polar surface area (TPSA) is 38.3 Å². The number of rotatable bonds is 5. The Bertz CT molecular complexity index is 170. The van der Waals surface area contributed by atoms with Gasteiger partial charge in [0.15, 0.2) is 0 Å². The van der Waals surface area contributed by atoms with Crippen LogP contribution in [0.2, 0.25) is 0 Å². The van der Waals surface area contributed by atoms with Crippen LogP contribution in [0.3, 0.4) is 0 Å². The number of ether oxygens (including phenoxy) is 1. The molecule has 0 aliphatic heterocycles. The minimum atomic E-state index is -0.199. The molecule has 70 valence electrons. The molecule has 0 amide bonds. The Morgan fingerprint density at radius 2 is 2.33 bits per heavy atom. The van der Waals surface area contributed by atoms with Crippen LogP contribution in [0.4, 0.5) is 0 Å². The van der Waals surface area contributed by atoms with Gasteiger partial charge in [-0.25, -0.2) is 0 Å². The molecule has 0 aromatic rings. The summed E-state index contributed by atoms with van der Waals surface area (Å²) >= 11 is 3.21. The van der Waals surface area contributed by atoms with E-state index in [2.05, 4.69) is 32.6 Å². The van der Waals surface area contributed by atoms with Crippen LogP contribution in [0.15, 0.2) is 11.1 Å². The van der Waals surface area contributed by atoms with Crippen LogP contribution in [0.5, 0.6) is 0 Å². The predicted molar refractivity (Wildman–Crippen MR) is 52.2 cm³/mol. The third-order valence-corrected chi connectivity index (χ3v) is 1.62. The van der Waals surface area contributed by atoms with E-state index in [9.17, 15) is 4.79 Å². The van der Waals surface area contributed by atoms with Crippen LogP contribution in [0.1, 0.15) is 13.3 Å². The second-order valence-electron chi connectivity index (χ2n) is 2.58. The second kappa shape index (κ2) is 6.20. The minimum absolute atomic E-state index is 0.117. The smallest absolute Gasteiger partial charge is 0.307 e. The minimum Gasteiger partial charge on any atom is -0.469 e. The van der Waals surface area contributed by atoms with Crippen molar-refractivity contribution in [3.8, 4) is 0 Å². The van der Waals surface area contributed by atoms with Gasteiger partial charge >= 0.3 is 5.97 Å². The maximum absolute atomic E-state index is 10.8. The van der Waals surface area contributed by atoms with Crippen molar-refractivity contribution in [1.29, 1.82) is 0 Å². The number of nitrogens with one attached hydrogen (secondary N) is 1. The number of esters is 1. The van der Waals surface area contributed by atoms with Crippen molar-refractivity contribution in [3.63, 3.8) is 0 Å². The van der Waals surface area contributed by atoms with Crippen LogP contribution in [-0.2, 0) is 9.53 Å². The molecule has 3 nitrogen and oxygen atoms in total. The first kappa shape index (κ1) is 11.6. The Morgan fingerprint density at radius 3 is 2.75 bits per heavy atom. The number of carbonyl (C=O) groups is 1. The van der Waals surface area contributed by atoms with E-state index in [0.29, 0.717) is 13.0 Å². The van der Waals surface area contributed by atoms with Gasteiger partial charge in [-0.3, -0.25) is 4.79 Å². The summed E-state index contributed by atoms with van der Waals surface area (Å²) in [7, 11) is 1.39. The van der Waals surface area contributed by atoms with Gasteiger partial charge in [0, 0.05) is 17.1 Å². The fraction of sp³-hybridized carbons (Fsp3) is 0.625. The molecule has 0 heterocycles. The third-order valence-electron chi connectivity index (χ3n) is 1.34. The molecule has 1 atom stereocenters. The average Bonchev–Trinajstić information content (AvgIpc) is 2.00. The maximum atomic E-state index is 10.8. The fourth-order valence-electron chi connectivity index (χ4n) is 0.690. The van der Waals surface area contributed by atoms with E-state index >= 15 is 0 Å². The molecule has 0 saturated heterocycles. The van der Waals surface area contributed by atoms with Crippen LogP contribution in [0.25, 0.3) is 0 Å². The molecule has 0 rings (SSSR count). The van der Waals surface area contributed by atoms with Gasteiger partial charge in [-0.1, -0.05) is 22.5 Å². The van der Waals surface area contributed by atoms with E-state index in [-0.39, 0.29) is 12.0 Å². The Kier molecular flexibility index (Phi) is 6.02. The highest BCUT2D eigenvalue weighted by Crippen LogP contribution is 1.99. The monoisotopic (exact) mass is 235 g/mol. The molecule has 0 aromatic heterocycles. The van der Waals surface area contributed by atoms with Crippen molar-refractivity contribution in [2.75, 3.05) is 13.7 Å². The zero-order valence-electron chi connectivity index (χ0n) is 7.39. The van der Waals surface area contributed by atoms with Crippen molar-refractivity contribution in [1.82, 2.24) is 5.32 Å². The average molecular weight is 236 g/mol.